The molecular formula is C15H17F3N2O6. The van der Waals surface area contributed by atoms with Crippen molar-refractivity contribution in [2.45, 2.75) is 45.0 Å². The lowest BCUT2D eigenvalue weighted by Crippen LogP contribution is -2.49. The predicted octanol–water partition coefficient (Wildman–Crippen LogP) is 2.23. The molecule has 0 radical (unpaired) electrons. The second-order valence-corrected chi connectivity index (χ2v) is 6.34. The topological polar surface area (TPSA) is 119 Å². The molecule has 144 valence electrons. The summed E-state index contributed by atoms with van der Waals surface area (Å²) in [7, 11) is 0. The van der Waals surface area contributed by atoms with Crippen LogP contribution in [0.2, 0.25) is 0 Å². The highest BCUT2D eigenvalue weighted by Crippen LogP contribution is 2.27. The number of aromatic hydroxyl groups is 1. The average molecular weight is 378 g/mol. The Hall–Kier alpha value is -2.85. The number of phenols is 1. The predicted molar refractivity (Wildman–Crippen MR) is 82.3 cm³/mol. The fraction of sp³-hybridized carbons (Fsp3) is 0.467. The van der Waals surface area contributed by atoms with Gasteiger partial charge in [0.05, 0.1) is 4.92 Å². The fourth-order valence-corrected chi connectivity index (χ4v) is 1.88. The summed E-state index contributed by atoms with van der Waals surface area (Å²) in [5.74, 6) is -4.13. The van der Waals surface area contributed by atoms with E-state index in [1.807, 2.05) is 0 Å². The SMILES string of the molecule is CC(C)(C)OC(=O)[C@H](Cc1ccc(O)c([N+](=O)[O-])c1)NC(=O)C(F)(F)F. The van der Waals surface area contributed by atoms with Crippen molar-refractivity contribution in [3.05, 3.63) is 33.9 Å². The van der Waals surface area contributed by atoms with Gasteiger partial charge in [0.2, 0.25) is 0 Å². The molecular weight excluding hydrogens is 361 g/mol. The van der Waals surface area contributed by atoms with Gasteiger partial charge in [-0.05, 0) is 32.4 Å². The summed E-state index contributed by atoms with van der Waals surface area (Å²) in [4.78, 5) is 33.2. The first kappa shape index (κ1) is 21.2. The molecule has 1 aromatic rings. The molecule has 1 atom stereocenters. The number of hydrogen-bond donors (Lipinski definition) is 2. The molecule has 0 aliphatic heterocycles. The van der Waals surface area contributed by atoms with Crippen molar-refractivity contribution in [1.29, 1.82) is 0 Å². The zero-order valence-corrected chi connectivity index (χ0v) is 14.1. The van der Waals surface area contributed by atoms with Crippen molar-refractivity contribution in [3.63, 3.8) is 0 Å². The molecule has 8 nitrogen and oxygen atoms in total. The van der Waals surface area contributed by atoms with E-state index in [4.69, 9.17) is 4.74 Å². The van der Waals surface area contributed by atoms with Gasteiger partial charge in [-0.3, -0.25) is 14.9 Å². The van der Waals surface area contributed by atoms with E-state index < -0.39 is 52.5 Å². The highest BCUT2D eigenvalue weighted by Gasteiger charge is 2.41. The molecule has 2 N–H and O–H groups in total. The van der Waals surface area contributed by atoms with Crippen LogP contribution in [0.3, 0.4) is 0 Å². The Balaban J connectivity index is 3.12. The Morgan fingerprint density at radius 3 is 2.35 bits per heavy atom. The van der Waals surface area contributed by atoms with Crippen LogP contribution >= 0.6 is 0 Å². The van der Waals surface area contributed by atoms with Gasteiger partial charge in [0.15, 0.2) is 5.75 Å². The maximum Gasteiger partial charge on any atom is 0.471 e. The van der Waals surface area contributed by atoms with Crippen molar-refractivity contribution in [1.82, 2.24) is 5.32 Å². The van der Waals surface area contributed by atoms with E-state index in [0.29, 0.717) is 0 Å². The average Bonchev–Trinajstić information content (AvgIpc) is 2.45. The minimum absolute atomic E-state index is 0.0489. The summed E-state index contributed by atoms with van der Waals surface area (Å²) in [6.45, 7) is 4.46. The van der Waals surface area contributed by atoms with E-state index in [0.717, 1.165) is 12.1 Å². The molecule has 0 unspecified atom stereocenters. The van der Waals surface area contributed by atoms with Crippen molar-refractivity contribution in [2.75, 3.05) is 0 Å². The number of nitrogens with one attached hydrogen (secondary N) is 1. The van der Waals surface area contributed by atoms with E-state index in [2.05, 4.69) is 0 Å². The first-order valence-electron chi connectivity index (χ1n) is 7.27. The van der Waals surface area contributed by atoms with Crippen molar-refractivity contribution >= 4 is 17.6 Å². The number of rotatable bonds is 5. The summed E-state index contributed by atoms with van der Waals surface area (Å²) < 4.78 is 42.4. The van der Waals surface area contributed by atoms with Gasteiger partial charge in [-0.1, -0.05) is 6.07 Å². The molecule has 1 aromatic carbocycles. The van der Waals surface area contributed by atoms with Crippen LogP contribution in [0, 0.1) is 10.1 Å². The van der Waals surface area contributed by atoms with Gasteiger partial charge in [-0.15, -0.1) is 0 Å². The second-order valence-electron chi connectivity index (χ2n) is 6.34. The van der Waals surface area contributed by atoms with E-state index in [1.54, 1.807) is 0 Å². The van der Waals surface area contributed by atoms with Gasteiger partial charge in [-0.25, -0.2) is 4.79 Å². The number of nitro benzene ring substituents is 1. The lowest BCUT2D eigenvalue weighted by molar-refractivity contribution is -0.385. The highest BCUT2D eigenvalue weighted by atomic mass is 19.4. The number of benzene rings is 1. The number of esters is 1. The van der Waals surface area contributed by atoms with Crippen LogP contribution in [0.1, 0.15) is 26.3 Å². The van der Waals surface area contributed by atoms with Crippen LogP contribution in [0.25, 0.3) is 0 Å². The van der Waals surface area contributed by atoms with E-state index in [1.165, 1.54) is 32.2 Å². The molecule has 0 aliphatic rings. The minimum atomic E-state index is -5.22. The Morgan fingerprint density at radius 2 is 1.88 bits per heavy atom. The molecule has 0 saturated carbocycles. The number of nitro groups is 1. The third-order valence-electron chi connectivity index (χ3n) is 2.93. The smallest absolute Gasteiger partial charge is 0.471 e. The molecule has 0 saturated heterocycles. The van der Waals surface area contributed by atoms with E-state index in [-0.39, 0.29) is 5.56 Å². The van der Waals surface area contributed by atoms with Gasteiger partial charge >= 0.3 is 23.7 Å². The summed E-state index contributed by atoms with van der Waals surface area (Å²) in [6, 6.07) is 1.31. The number of phenolic OH excluding ortho intramolecular Hbond substituents is 1. The van der Waals surface area contributed by atoms with Crippen LogP contribution in [0.4, 0.5) is 18.9 Å². The summed E-state index contributed by atoms with van der Waals surface area (Å²) >= 11 is 0. The number of ether oxygens (including phenoxy) is 1. The molecule has 0 spiro atoms. The number of alkyl halides is 3. The maximum absolute atomic E-state index is 12.5. The number of carbonyl (C=O) groups is 2. The molecule has 26 heavy (non-hydrogen) atoms. The molecule has 1 amide bonds. The largest absolute Gasteiger partial charge is 0.502 e. The third kappa shape index (κ3) is 6.22. The Bertz CT molecular complexity index is 712. The van der Waals surface area contributed by atoms with E-state index in [9.17, 15) is 38.0 Å². The first-order chi connectivity index (χ1) is 11.7. The lowest BCUT2D eigenvalue weighted by Gasteiger charge is -2.25. The minimum Gasteiger partial charge on any atom is -0.502 e. The van der Waals surface area contributed by atoms with Crippen molar-refractivity contribution < 1.29 is 37.5 Å². The molecule has 0 heterocycles. The number of halogens is 3. The van der Waals surface area contributed by atoms with Crippen LogP contribution in [0.5, 0.6) is 5.75 Å². The molecule has 0 fully saturated rings. The zero-order valence-electron chi connectivity index (χ0n) is 14.1. The number of nitrogens with zero attached hydrogens (tertiary/aromatic N) is 1. The monoisotopic (exact) mass is 378 g/mol. The van der Waals surface area contributed by atoms with Crippen LogP contribution < -0.4 is 5.32 Å². The normalized spacial score (nSPS) is 13.0. The van der Waals surface area contributed by atoms with Crippen LogP contribution in [0.15, 0.2) is 18.2 Å². The maximum atomic E-state index is 12.5. The highest BCUT2D eigenvalue weighted by molar-refractivity contribution is 5.87. The summed E-state index contributed by atoms with van der Waals surface area (Å²) in [5.41, 5.74) is -1.67. The molecule has 11 heteroatoms. The fourth-order valence-electron chi connectivity index (χ4n) is 1.88. The zero-order chi connectivity index (χ0) is 20.3. The third-order valence-corrected chi connectivity index (χ3v) is 2.93. The van der Waals surface area contributed by atoms with Gasteiger partial charge in [0.1, 0.15) is 11.6 Å². The standard InChI is InChI=1S/C15H17F3N2O6/c1-14(2,3)26-12(22)9(19-13(23)15(16,17)18)6-8-4-5-11(21)10(7-8)20(24)25/h4-5,7,9,21H,6H2,1-3H3,(H,19,23)/t9-/m0/s1. The number of carbonyl (C=O) groups excluding carboxylic acids is 2. The van der Waals surface area contributed by atoms with Crippen LogP contribution in [-0.2, 0) is 20.7 Å². The molecule has 0 aliphatic carbocycles. The second kappa shape index (κ2) is 7.58. The number of hydrogen-bond acceptors (Lipinski definition) is 6. The van der Waals surface area contributed by atoms with Crippen molar-refractivity contribution in [2.24, 2.45) is 0 Å². The molecule has 1 rings (SSSR count). The van der Waals surface area contributed by atoms with Crippen molar-refractivity contribution in [3.8, 4) is 5.75 Å². The number of amides is 1. The Kier molecular flexibility index (Phi) is 6.18. The Labute approximate surface area is 146 Å². The lowest BCUT2D eigenvalue weighted by atomic mass is 10.0. The Morgan fingerprint density at radius 1 is 1.31 bits per heavy atom. The first-order valence-corrected chi connectivity index (χ1v) is 7.27. The molecule has 0 aromatic heterocycles. The summed E-state index contributed by atoms with van der Waals surface area (Å²) in [5, 5.41) is 21.7. The van der Waals surface area contributed by atoms with E-state index >= 15 is 0 Å². The van der Waals surface area contributed by atoms with Gasteiger partial charge in [-0.2, -0.15) is 13.2 Å². The summed E-state index contributed by atoms with van der Waals surface area (Å²) in [6.07, 6.45) is -5.72. The van der Waals surface area contributed by atoms with Crippen LogP contribution in [-0.4, -0.2) is 39.7 Å². The quantitative estimate of drug-likeness (QED) is 0.461. The molecule has 0 bridgehead atoms. The van der Waals surface area contributed by atoms with Gasteiger partial charge in [0, 0.05) is 12.5 Å². The van der Waals surface area contributed by atoms with Gasteiger partial charge in [0.25, 0.3) is 0 Å². The van der Waals surface area contributed by atoms with Gasteiger partial charge < -0.3 is 15.2 Å².